The van der Waals surface area contributed by atoms with Crippen LogP contribution in [0.2, 0.25) is 0 Å². The molecule has 1 aromatic heterocycles. The maximum absolute atomic E-state index is 10.9. The highest BCUT2D eigenvalue weighted by molar-refractivity contribution is 5.87. The summed E-state index contributed by atoms with van der Waals surface area (Å²) in [6, 6.07) is 8.83. The minimum atomic E-state index is -1.04. The molecule has 0 unspecified atom stereocenters. The van der Waals surface area contributed by atoms with E-state index in [2.05, 4.69) is 4.98 Å². The molecule has 2 heterocycles. The Bertz CT molecular complexity index is 639. The molecule has 0 spiro atoms. The molecule has 5 nitrogen and oxygen atoms in total. The Balaban J connectivity index is 2.02. The fourth-order valence-corrected chi connectivity index (χ4v) is 1.95. The topological polar surface area (TPSA) is 68.7 Å². The summed E-state index contributed by atoms with van der Waals surface area (Å²) in [7, 11) is 0. The van der Waals surface area contributed by atoms with Gasteiger partial charge >= 0.3 is 5.97 Å². The van der Waals surface area contributed by atoms with Crippen LogP contribution < -0.4 is 9.47 Å². The van der Waals surface area contributed by atoms with Gasteiger partial charge in [0.2, 0.25) is 0 Å². The molecular formula is C14H11NO4. The fraction of sp³-hybridized carbons (Fsp3) is 0.143. The average Bonchev–Trinajstić information content (AvgIpc) is 2.47. The van der Waals surface area contributed by atoms with Gasteiger partial charge in [0.1, 0.15) is 18.9 Å². The first-order valence-electron chi connectivity index (χ1n) is 5.83. The van der Waals surface area contributed by atoms with Crippen molar-refractivity contribution in [3.05, 3.63) is 42.2 Å². The smallest absolute Gasteiger partial charge is 0.354 e. The van der Waals surface area contributed by atoms with E-state index in [1.165, 1.54) is 12.3 Å². The molecule has 0 aliphatic carbocycles. The summed E-state index contributed by atoms with van der Waals surface area (Å²) in [6.07, 6.45) is 1.48. The molecule has 3 rings (SSSR count). The molecule has 19 heavy (non-hydrogen) atoms. The number of nitrogens with zero attached hydrogens (tertiary/aromatic N) is 1. The van der Waals surface area contributed by atoms with Gasteiger partial charge in [0.05, 0.1) is 0 Å². The van der Waals surface area contributed by atoms with Crippen LogP contribution in [-0.4, -0.2) is 29.3 Å². The van der Waals surface area contributed by atoms with Crippen LogP contribution in [0.3, 0.4) is 0 Å². The normalized spacial score (nSPS) is 13.1. The zero-order valence-electron chi connectivity index (χ0n) is 10.00. The highest BCUT2D eigenvalue weighted by Gasteiger charge is 2.13. The molecule has 1 aromatic carbocycles. The van der Waals surface area contributed by atoms with Gasteiger partial charge in [-0.25, -0.2) is 9.78 Å². The molecule has 5 heteroatoms. The Kier molecular flexibility index (Phi) is 2.79. The van der Waals surface area contributed by atoms with Crippen LogP contribution in [0.1, 0.15) is 10.5 Å². The van der Waals surface area contributed by atoms with Crippen LogP contribution in [0.4, 0.5) is 0 Å². The van der Waals surface area contributed by atoms with E-state index in [0.717, 1.165) is 11.1 Å². The van der Waals surface area contributed by atoms with Gasteiger partial charge < -0.3 is 14.6 Å². The van der Waals surface area contributed by atoms with E-state index in [0.29, 0.717) is 24.7 Å². The molecule has 0 saturated carbocycles. The van der Waals surface area contributed by atoms with Gasteiger partial charge in [-0.3, -0.25) is 0 Å². The molecule has 96 valence electrons. The lowest BCUT2D eigenvalue weighted by atomic mass is 10.1. The number of benzene rings is 1. The van der Waals surface area contributed by atoms with Gasteiger partial charge in [-0.2, -0.15) is 0 Å². The van der Waals surface area contributed by atoms with E-state index in [1.54, 1.807) is 6.07 Å². The van der Waals surface area contributed by atoms with E-state index in [9.17, 15) is 4.79 Å². The molecular weight excluding hydrogens is 246 g/mol. The summed E-state index contributed by atoms with van der Waals surface area (Å²) in [4.78, 5) is 14.7. The SMILES string of the molecule is O=C(O)c1cc(-c2ccc3c(c2)OCCO3)ccn1. The van der Waals surface area contributed by atoms with Crippen molar-refractivity contribution < 1.29 is 19.4 Å². The van der Waals surface area contributed by atoms with Crippen molar-refractivity contribution in [3.8, 4) is 22.6 Å². The van der Waals surface area contributed by atoms with Gasteiger partial charge in [-0.15, -0.1) is 0 Å². The lowest BCUT2D eigenvalue weighted by Gasteiger charge is -2.18. The molecule has 0 atom stereocenters. The summed E-state index contributed by atoms with van der Waals surface area (Å²) < 4.78 is 11.0. The van der Waals surface area contributed by atoms with Gasteiger partial charge in [0.25, 0.3) is 0 Å². The summed E-state index contributed by atoms with van der Waals surface area (Å²) in [5, 5.41) is 8.94. The van der Waals surface area contributed by atoms with Crippen LogP contribution >= 0.6 is 0 Å². The summed E-state index contributed by atoms with van der Waals surface area (Å²) in [5.41, 5.74) is 1.67. The maximum atomic E-state index is 10.9. The predicted octanol–water partition coefficient (Wildman–Crippen LogP) is 2.22. The molecule has 0 amide bonds. The van der Waals surface area contributed by atoms with Gasteiger partial charge in [-0.05, 0) is 35.4 Å². The van der Waals surface area contributed by atoms with E-state index in [4.69, 9.17) is 14.6 Å². The highest BCUT2D eigenvalue weighted by Crippen LogP contribution is 2.34. The first kappa shape index (κ1) is 11.5. The van der Waals surface area contributed by atoms with Gasteiger partial charge in [-0.1, -0.05) is 6.07 Å². The molecule has 1 aliphatic heterocycles. The summed E-state index contributed by atoms with van der Waals surface area (Å²) in [5.74, 6) is 0.347. The van der Waals surface area contributed by atoms with E-state index >= 15 is 0 Å². The number of hydrogen-bond acceptors (Lipinski definition) is 4. The molecule has 0 radical (unpaired) electrons. The zero-order chi connectivity index (χ0) is 13.2. The number of carboxylic acids is 1. The quantitative estimate of drug-likeness (QED) is 0.893. The Morgan fingerprint density at radius 1 is 1.05 bits per heavy atom. The second-order valence-electron chi connectivity index (χ2n) is 4.09. The number of fused-ring (bicyclic) bond motifs is 1. The second kappa shape index (κ2) is 4.61. The number of carboxylic acid groups (broad SMARTS) is 1. The third kappa shape index (κ3) is 2.22. The Hall–Kier alpha value is -2.56. The van der Waals surface area contributed by atoms with Crippen LogP contribution in [0, 0.1) is 0 Å². The van der Waals surface area contributed by atoms with Crippen molar-refractivity contribution >= 4 is 5.97 Å². The fourth-order valence-electron chi connectivity index (χ4n) is 1.95. The number of ether oxygens (including phenoxy) is 2. The Morgan fingerprint density at radius 3 is 2.58 bits per heavy atom. The lowest BCUT2D eigenvalue weighted by Crippen LogP contribution is -2.15. The van der Waals surface area contributed by atoms with E-state index in [-0.39, 0.29) is 5.69 Å². The van der Waals surface area contributed by atoms with E-state index in [1.807, 2.05) is 18.2 Å². The van der Waals surface area contributed by atoms with Crippen LogP contribution in [0.25, 0.3) is 11.1 Å². The summed E-state index contributed by atoms with van der Waals surface area (Å²) >= 11 is 0. The Morgan fingerprint density at radius 2 is 1.79 bits per heavy atom. The number of hydrogen-bond donors (Lipinski definition) is 1. The zero-order valence-corrected chi connectivity index (χ0v) is 10.00. The molecule has 0 fully saturated rings. The number of rotatable bonds is 2. The van der Waals surface area contributed by atoms with Crippen LogP contribution in [0.15, 0.2) is 36.5 Å². The number of carbonyl (C=O) groups is 1. The van der Waals surface area contributed by atoms with Crippen molar-refractivity contribution in [3.63, 3.8) is 0 Å². The third-order valence-electron chi connectivity index (χ3n) is 2.85. The number of aromatic carboxylic acids is 1. The Labute approximate surface area is 109 Å². The van der Waals surface area contributed by atoms with E-state index < -0.39 is 5.97 Å². The molecule has 1 aliphatic rings. The van der Waals surface area contributed by atoms with Crippen molar-refractivity contribution in [1.82, 2.24) is 4.98 Å². The average molecular weight is 257 g/mol. The predicted molar refractivity (Wildman–Crippen MR) is 67.6 cm³/mol. The van der Waals surface area contributed by atoms with Crippen molar-refractivity contribution in [1.29, 1.82) is 0 Å². The van der Waals surface area contributed by atoms with Crippen molar-refractivity contribution in [2.75, 3.05) is 13.2 Å². The van der Waals surface area contributed by atoms with Crippen LogP contribution in [0.5, 0.6) is 11.5 Å². The minimum absolute atomic E-state index is 0.0207. The first-order chi connectivity index (χ1) is 9.24. The largest absolute Gasteiger partial charge is 0.486 e. The number of pyridine rings is 1. The second-order valence-corrected chi connectivity index (χ2v) is 4.09. The summed E-state index contributed by atoms with van der Waals surface area (Å²) in [6.45, 7) is 1.07. The van der Waals surface area contributed by atoms with Gasteiger partial charge in [0, 0.05) is 6.20 Å². The highest BCUT2D eigenvalue weighted by atomic mass is 16.6. The minimum Gasteiger partial charge on any atom is -0.486 e. The first-order valence-corrected chi connectivity index (χ1v) is 5.83. The molecule has 0 saturated heterocycles. The maximum Gasteiger partial charge on any atom is 0.354 e. The molecule has 1 N–H and O–H groups in total. The third-order valence-corrected chi connectivity index (χ3v) is 2.85. The lowest BCUT2D eigenvalue weighted by molar-refractivity contribution is 0.0690. The molecule has 2 aromatic rings. The standard InChI is InChI=1S/C14H11NO4/c16-14(17)11-7-10(3-4-15-11)9-1-2-12-13(8-9)19-6-5-18-12/h1-4,7-8H,5-6H2,(H,16,17). The van der Waals surface area contributed by atoms with Gasteiger partial charge in [0.15, 0.2) is 11.5 Å². The van der Waals surface area contributed by atoms with Crippen molar-refractivity contribution in [2.24, 2.45) is 0 Å². The monoisotopic (exact) mass is 257 g/mol. The van der Waals surface area contributed by atoms with Crippen LogP contribution in [-0.2, 0) is 0 Å². The molecule has 0 bridgehead atoms. The number of aromatic nitrogens is 1. The van der Waals surface area contributed by atoms with Crippen molar-refractivity contribution in [2.45, 2.75) is 0 Å².